The highest BCUT2D eigenvalue weighted by Crippen LogP contribution is 2.29. The van der Waals surface area contributed by atoms with E-state index in [2.05, 4.69) is 5.32 Å². The average molecular weight is 401 g/mol. The summed E-state index contributed by atoms with van der Waals surface area (Å²) in [6.07, 6.45) is 0. The Balaban J connectivity index is 0.00000338. The average Bonchev–Trinajstić information content (AvgIpc) is 3.05. The first-order valence-electron chi connectivity index (χ1n) is 8.35. The maximum atomic E-state index is 13.1. The Bertz CT molecular complexity index is 676. The van der Waals surface area contributed by atoms with Gasteiger partial charge in [-0.05, 0) is 43.7 Å². The second kappa shape index (κ2) is 11.3. The molecule has 0 saturated carbocycles. The van der Waals surface area contributed by atoms with Crippen molar-refractivity contribution in [1.82, 2.24) is 10.2 Å². The zero-order valence-corrected chi connectivity index (χ0v) is 17.0. The molecule has 1 aromatic carbocycles. The number of hydrogen-bond acceptors (Lipinski definition) is 4. The number of nitrogens with one attached hydrogen (secondary N) is 1. The van der Waals surface area contributed by atoms with Gasteiger partial charge in [0.15, 0.2) is 0 Å². The van der Waals surface area contributed by atoms with E-state index in [1.807, 2.05) is 30.9 Å². The number of thiophene rings is 1. The summed E-state index contributed by atoms with van der Waals surface area (Å²) in [6.45, 7) is 6.15. The molecule has 0 spiro atoms. The predicted molar refractivity (Wildman–Crippen MR) is 107 cm³/mol. The molecule has 0 radical (unpaired) electrons. The Labute approximate surface area is 164 Å². The molecule has 2 rings (SSSR count). The maximum absolute atomic E-state index is 13.1. The van der Waals surface area contributed by atoms with E-state index in [4.69, 9.17) is 4.74 Å². The molecule has 4 nitrogen and oxygen atoms in total. The molecule has 0 aliphatic rings. The fraction of sp³-hybridized carbons (Fsp3) is 0.421. The van der Waals surface area contributed by atoms with Crippen LogP contribution in [0.1, 0.15) is 18.7 Å². The Morgan fingerprint density at radius 2 is 1.92 bits per heavy atom. The minimum atomic E-state index is -0.238. The molecular weight excluding hydrogens is 375 g/mol. The van der Waals surface area contributed by atoms with Crippen molar-refractivity contribution in [3.05, 3.63) is 47.1 Å². The SMILES string of the molecule is COCCNCC(=O)N(Cc1ccc(-c2ccc(F)cc2)s1)C(C)C.Cl. The number of hydrogen-bond donors (Lipinski definition) is 1. The minimum Gasteiger partial charge on any atom is -0.383 e. The molecule has 0 fully saturated rings. The Morgan fingerprint density at radius 1 is 1.23 bits per heavy atom. The highest BCUT2D eigenvalue weighted by Gasteiger charge is 2.18. The first-order chi connectivity index (χ1) is 12.0. The van der Waals surface area contributed by atoms with Gasteiger partial charge in [0.2, 0.25) is 5.91 Å². The lowest BCUT2D eigenvalue weighted by molar-refractivity contribution is -0.132. The maximum Gasteiger partial charge on any atom is 0.237 e. The summed E-state index contributed by atoms with van der Waals surface area (Å²) in [6, 6.07) is 10.6. The van der Waals surface area contributed by atoms with Crippen molar-refractivity contribution in [2.45, 2.75) is 26.4 Å². The van der Waals surface area contributed by atoms with Gasteiger partial charge < -0.3 is 15.0 Å². The van der Waals surface area contributed by atoms with Gasteiger partial charge in [0.1, 0.15) is 5.82 Å². The second-order valence-corrected chi connectivity index (χ2v) is 7.23. The summed E-state index contributed by atoms with van der Waals surface area (Å²) in [5.41, 5.74) is 0.987. The molecule has 0 aliphatic heterocycles. The molecule has 0 saturated heterocycles. The number of carbonyl (C=O) groups excluding carboxylic acids is 1. The topological polar surface area (TPSA) is 41.6 Å². The lowest BCUT2D eigenvalue weighted by atomic mass is 10.2. The Kier molecular flexibility index (Phi) is 9.80. The van der Waals surface area contributed by atoms with Gasteiger partial charge >= 0.3 is 0 Å². The van der Waals surface area contributed by atoms with Crippen LogP contribution in [0.5, 0.6) is 0 Å². The van der Waals surface area contributed by atoms with Gasteiger partial charge in [-0.2, -0.15) is 0 Å². The number of carbonyl (C=O) groups is 1. The van der Waals surface area contributed by atoms with E-state index in [1.54, 1.807) is 30.6 Å². The van der Waals surface area contributed by atoms with Crippen LogP contribution in [0.3, 0.4) is 0 Å². The summed E-state index contributed by atoms with van der Waals surface area (Å²) in [5.74, 6) is -0.166. The number of benzene rings is 1. The van der Waals surface area contributed by atoms with Gasteiger partial charge in [0, 0.05) is 29.5 Å². The molecular formula is C19H26ClFN2O2S. The molecule has 0 bridgehead atoms. The fourth-order valence-corrected chi connectivity index (χ4v) is 3.44. The van der Waals surface area contributed by atoms with Crippen LogP contribution in [0.4, 0.5) is 4.39 Å². The van der Waals surface area contributed by atoms with Crippen LogP contribution in [0.15, 0.2) is 36.4 Å². The van der Waals surface area contributed by atoms with Gasteiger partial charge in [-0.15, -0.1) is 23.7 Å². The summed E-state index contributed by atoms with van der Waals surface area (Å²) in [5, 5.41) is 3.10. The monoisotopic (exact) mass is 400 g/mol. The third kappa shape index (κ3) is 6.68. The normalized spacial score (nSPS) is 10.7. The molecule has 144 valence electrons. The van der Waals surface area contributed by atoms with Crippen molar-refractivity contribution in [1.29, 1.82) is 0 Å². The van der Waals surface area contributed by atoms with Crippen LogP contribution in [0, 0.1) is 5.82 Å². The van der Waals surface area contributed by atoms with E-state index in [1.165, 1.54) is 12.1 Å². The van der Waals surface area contributed by atoms with Crippen molar-refractivity contribution in [3.63, 3.8) is 0 Å². The van der Waals surface area contributed by atoms with Crippen molar-refractivity contribution < 1.29 is 13.9 Å². The summed E-state index contributed by atoms with van der Waals surface area (Å²) >= 11 is 1.63. The standard InChI is InChI=1S/C19H25FN2O2S.ClH/c1-14(2)22(19(23)12-21-10-11-24-3)13-17-8-9-18(25-17)15-4-6-16(20)7-5-15;/h4-9,14,21H,10-13H2,1-3H3;1H. The first-order valence-corrected chi connectivity index (χ1v) is 9.16. The summed E-state index contributed by atoms with van der Waals surface area (Å²) < 4.78 is 18.0. The molecule has 2 aromatic rings. The molecule has 1 aromatic heterocycles. The largest absolute Gasteiger partial charge is 0.383 e. The zero-order chi connectivity index (χ0) is 18.2. The summed E-state index contributed by atoms with van der Waals surface area (Å²) in [7, 11) is 1.64. The van der Waals surface area contributed by atoms with Crippen LogP contribution >= 0.6 is 23.7 Å². The van der Waals surface area contributed by atoms with E-state index >= 15 is 0 Å². The van der Waals surface area contributed by atoms with Crippen LogP contribution in [0.2, 0.25) is 0 Å². The van der Waals surface area contributed by atoms with E-state index in [-0.39, 0.29) is 30.2 Å². The number of methoxy groups -OCH3 is 1. The highest BCUT2D eigenvalue weighted by atomic mass is 35.5. The van der Waals surface area contributed by atoms with Crippen LogP contribution < -0.4 is 5.32 Å². The fourth-order valence-electron chi connectivity index (χ4n) is 2.43. The molecule has 26 heavy (non-hydrogen) atoms. The number of amides is 1. The van der Waals surface area contributed by atoms with Crippen LogP contribution in [0.25, 0.3) is 10.4 Å². The van der Waals surface area contributed by atoms with Gasteiger partial charge in [0.25, 0.3) is 0 Å². The molecule has 0 atom stereocenters. The molecule has 0 aliphatic carbocycles. The lowest BCUT2D eigenvalue weighted by Gasteiger charge is -2.26. The third-order valence-corrected chi connectivity index (χ3v) is 4.94. The van der Waals surface area contributed by atoms with E-state index in [0.29, 0.717) is 26.2 Å². The number of rotatable bonds is 9. The van der Waals surface area contributed by atoms with Crippen LogP contribution in [-0.2, 0) is 16.1 Å². The smallest absolute Gasteiger partial charge is 0.237 e. The van der Waals surface area contributed by atoms with Gasteiger partial charge in [-0.3, -0.25) is 4.79 Å². The third-order valence-electron chi connectivity index (χ3n) is 3.82. The molecule has 1 amide bonds. The number of halogens is 2. The predicted octanol–water partition coefficient (Wildman–Crippen LogP) is 3.95. The first kappa shape index (κ1) is 22.6. The van der Waals surface area contributed by atoms with Crippen molar-refractivity contribution in [2.24, 2.45) is 0 Å². The molecule has 1 heterocycles. The second-order valence-electron chi connectivity index (χ2n) is 6.06. The minimum absolute atomic E-state index is 0. The van der Waals surface area contributed by atoms with Gasteiger partial charge in [-0.25, -0.2) is 4.39 Å². The molecule has 1 N–H and O–H groups in total. The van der Waals surface area contributed by atoms with E-state index in [9.17, 15) is 9.18 Å². The van der Waals surface area contributed by atoms with Gasteiger partial charge in [0.05, 0.1) is 19.7 Å². The van der Waals surface area contributed by atoms with Crippen molar-refractivity contribution in [2.75, 3.05) is 26.8 Å². The molecule has 0 unspecified atom stereocenters. The highest BCUT2D eigenvalue weighted by molar-refractivity contribution is 7.15. The van der Waals surface area contributed by atoms with Crippen LogP contribution in [-0.4, -0.2) is 43.7 Å². The quantitative estimate of drug-likeness (QED) is 0.648. The Morgan fingerprint density at radius 3 is 2.54 bits per heavy atom. The summed E-state index contributed by atoms with van der Waals surface area (Å²) in [4.78, 5) is 16.5. The number of ether oxygens (including phenoxy) is 1. The lowest BCUT2D eigenvalue weighted by Crippen LogP contribution is -2.42. The van der Waals surface area contributed by atoms with Crippen molar-refractivity contribution in [3.8, 4) is 10.4 Å². The van der Waals surface area contributed by atoms with E-state index in [0.717, 1.165) is 15.3 Å². The van der Waals surface area contributed by atoms with E-state index < -0.39 is 0 Å². The molecule has 7 heteroatoms. The van der Waals surface area contributed by atoms with Gasteiger partial charge in [-0.1, -0.05) is 12.1 Å². The Hall–Kier alpha value is -1.47. The van der Waals surface area contributed by atoms with Crippen molar-refractivity contribution >= 4 is 29.7 Å². The zero-order valence-electron chi connectivity index (χ0n) is 15.3. The number of nitrogens with zero attached hydrogens (tertiary/aromatic N) is 1.